The molecule has 12 heteroatoms. The van der Waals surface area contributed by atoms with Gasteiger partial charge in [-0.2, -0.15) is 0 Å². The largest absolute Gasteiger partial charge is 0.508 e. The molecule has 38 heavy (non-hydrogen) atoms. The van der Waals surface area contributed by atoms with Gasteiger partial charge in [-0.25, -0.2) is 0 Å². The van der Waals surface area contributed by atoms with Crippen LogP contribution in [-0.4, -0.2) is 59.9 Å². The molecular formula is C26H32N10O2. The topological polar surface area (TPSA) is 150 Å². The van der Waals surface area contributed by atoms with E-state index in [0.29, 0.717) is 19.6 Å². The zero-order valence-corrected chi connectivity index (χ0v) is 21.2. The number of guanidine groups is 1. The zero-order chi connectivity index (χ0) is 26.3. The van der Waals surface area contributed by atoms with Crippen molar-refractivity contribution >= 4 is 11.9 Å². The van der Waals surface area contributed by atoms with Crippen molar-refractivity contribution in [3.8, 4) is 5.75 Å². The van der Waals surface area contributed by atoms with Crippen molar-refractivity contribution in [2.75, 3.05) is 19.6 Å². The summed E-state index contributed by atoms with van der Waals surface area (Å²) in [5.74, 6) is 0.831. The summed E-state index contributed by atoms with van der Waals surface area (Å²) < 4.78 is 0. The van der Waals surface area contributed by atoms with Gasteiger partial charge in [0.05, 0.1) is 12.1 Å². The number of amides is 1. The van der Waals surface area contributed by atoms with Gasteiger partial charge in [-0.3, -0.25) is 14.7 Å². The molecule has 0 bridgehead atoms. The molecule has 1 fully saturated rings. The molecule has 1 amide bonds. The molecule has 1 saturated heterocycles. The highest BCUT2D eigenvalue weighted by Gasteiger charge is 2.31. The van der Waals surface area contributed by atoms with Crippen LogP contribution in [0.5, 0.6) is 5.75 Å². The van der Waals surface area contributed by atoms with Crippen molar-refractivity contribution in [2.24, 2.45) is 25.7 Å². The molecule has 0 saturated carbocycles. The monoisotopic (exact) mass is 516 g/mol. The molecule has 3 atom stereocenters. The van der Waals surface area contributed by atoms with Crippen LogP contribution in [0, 0.1) is 0 Å². The van der Waals surface area contributed by atoms with Crippen molar-refractivity contribution in [1.29, 1.82) is 0 Å². The number of aliphatic imine (C=N–C) groups is 1. The fraction of sp³-hybridized carbons (Fsp3) is 0.385. The molecular weight excluding hydrogens is 484 g/mol. The number of hydrogen-bond donors (Lipinski definition) is 5. The minimum absolute atomic E-state index is 0.00247. The second kappa shape index (κ2) is 11.9. The Morgan fingerprint density at radius 1 is 1.16 bits per heavy atom. The second-order valence-corrected chi connectivity index (χ2v) is 9.55. The van der Waals surface area contributed by atoms with Gasteiger partial charge in [0.2, 0.25) is 5.91 Å². The van der Waals surface area contributed by atoms with Crippen LogP contribution < -0.4 is 21.3 Å². The van der Waals surface area contributed by atoms with Gasteiger partial charge in [0.1, 0.15) is 5.75 Å². The lowest BCUT2D eigenvalue weighted by molar-refractivity contribution is -0.125. The normalized spacial score (nSPS) is 24.3. The number of aromatic hydroxyl groups is 1. The quantitative estimate of drug-likeness (QED) is 0.363. The van der Waals surface area contributed by atoms with Gasteiger partial charge in [0, 0.05) is 38.4 Å². The first-order valence-corrected chi connectivity index (χ1v) is 12.7. The van der Waals surface area contributed by atoms with E-state index < -0.39 is 6.29 Å². The second-order valence-electron chi connectivity index (χ2n) is 9.55. The summed E-state index contributed by atoms with van der Waals surface area (Å²) in [5, 5.41) is 36.5. The Kier molecular flexibility index (Phi) is 8.00. The molecule has 5 rings (SSSR count). The van der Waals surface area contributed by atoms with E-state index in [9.17, 15) is 9.90 Å². The van der Waals surface area contributed by atoms with Crippen LogP contribution in [-0.2, 0) is 17.8 Å². The summed E-state index contributed by atoms with van der Waals surface area (Å²) in [4.78, 5) is 19.6. The fourth-order valence-electron chi connectivity index (χ4n) is 4.59. The number of piperazine rings is 1. The van der Waals surface area contributed by atoms with Gasteiger partial charge in [-0.05, 0) is 58.7 Å². The number of rotatable bonds is 8. The molecule has 0 spiro atoms. The van der Waals surface area contributed by atoms with Crippen molar-refractivity contribution in [3.05, 3.63) is 77.5 Å². The lowest BCUT2D eigenvalue weighted by atomic mass is 10.0. The van der Waals surface area contributed by atoms with Gasteiger partial charge >= 0.3 is 0 Å². The third-order valence-electron chi connectivity index (χ3n) is 6.75. The van der Waals surface area contributed by atoms with Gasteiger partial charge in [0.25, 0.3) is 6.29 Å². The maximum Gasteiger partial charge on any atom is 0.258 e. The highest BCUT2D eigenvalue weighted by molar-refractivity contribution is 5.83. The highest BCUT2D eigenvalue weighted by Crippen LogP contribution is 2.20. The van der Waals surface area contributed by atoms with Crippen LogP contribution in [0.25, 0.3) is 0 Å². The van der Waals surface area contributed by atoms with E-state index in [2.05, 4.69) is 89.1 Å². The van der Waals surface area contributed by atoms with Gasteiger partial charge in [0.15, 0.2) is 5.96 Å². The third-order valence-corrected chi connectivity index (χ3v) is 6.75. The van der Waals surface area contributed by atoms with Gasteiger partial charge in [-0.15, -0.1) is 10.2 Å². The molecule has 0 aromatic heterocycles. The first kappa shape index (κ1) is 25.5. The summed E-state index contributed by atoms with van der Waals surface area (Å²) in [6.07, 6.45) is 4.04. The fourth-order valence-corrected chi connectivity index (χ4v) is 4.59. The molecule has 2 aromatic carbocycles. The number of hydrogen-bond acceptors (Lipinski definition) is 9. The summed E-state index contributed by atoms with van der Waals surface area (Å²) in [7, 11) is 0. The lowest BCUT2D eigenvalue weighted by Gasteiger charge is -2.38. The SMILES string of the molecule is C[C@H]1CN[C@@H](C(=O)NC2N=NN=N2)CN1Cc1cccc(C2C=CNC(=NCCc3ccc(O)cc3)N2)c1. The number of nitrogens with one attached hydrogen (secondary N) is 4. The summed E-state index contributed by atoms with van der Waals surface area (Å²) in [6.45, 7) is 4.78. The molecule has 3 heterocycles. The first-order valence-electron chi connectivity index (χ1n) is 12.7. The van der Waals surface area contributed by atoms with Crippen LogP contribution in [0.1, 0.15) is 29.7 Å². The Morgan fingerprint density at radius 3 is 2.79 bits per heavy atom. The zero-order valence-electron chi connectivity index (χ0n) is 21.2. The minimum Gasteiger partial charge on any atom is -0.508 e. The van der Waals surface area contributed by atoms with Crippen LogP contribution in [0.2, 0.25) is 0 Å². The standard InChI is InChI=1S/C26H32N10O2/c1-17-14-29-23(24(38)31-26-32-34-35-33-26)16-36(17)15-19-3-2-4-20(13-19)22-10-12-28-25(30-22)27-11-9-18-5-7-21(37)8-6-18/h2-8,10,12-13,17,22-23,26,29,37H,9,11,14-16H2,1H3,(H,31,38)(H2,27,28,30)/t17-,22?,23+/m0/s1. The average Bonchev–Trinajstić information content (AvgIpc) is 3.44. The van der Waals surface area contributed by atoms with Crippen LogP contribution in [0.15, 0.2) is 86.5 Å². The van der Waals surface area contributed by atoms with Gasteiger partial charge < -0.3 is 26.4 Å². The molecule has 2 aromatic rings. The van der Waals surface area contributed by atoms with E-state index in [-0.39, 0.29) is 29.8 Å². The smallest absolute Gasteiger partial charge is 0.258 e. The molecule has 12 nitrogen and oxygen atoms in total. The summed E-state index contributed by atoms with van der Waals surface area (Å²) in [6, 6.07) is 15.6. The molecule has 198 valence electrons. The number of nitrogens with zero attached hydrogens (tertiary/aromatic N) is 6. The number of carbonyl (C=O) groups excluding carboxylic acids is 1. The van der Waals surface area contributed by atoms with Crippen molar-refractivity contribution in [3.63, 3.8) is 0 Å². The number of benzene rings is 2. The number of phenols is 1. The van der Waals surface area contributed by atoms with E-state index in [4.69, 9.17) is 0 Å². The molecule has 5 N–H and O–H groups in total. The Balaban J connectivity index is 1.17. The van der Waals surface area contributed by atoms with Crippen LogP contribution in [0.3, 0.4) is 0 Å². The predicted molar refractivity (Wildman–Crippen MR) is 142 cm³/mol. The van der Waals surface area contributed by atoms with Gasteiger partial charge in [-0.1, -0.05) is 36.4 Å². The summed E-state index contributed by atoms with van der Waals surface area (Å²) in [5.41, 5.74) is 3.44. The van der Waals surface area contributed by atoms with E-state index in [0.717, 1.165) is 30.1 Å². The Labute approximate surface area is 221 Å². The van der Waals surface area contributed by atoms with Crippen molar-refractivity contribution < 1.29 is 9.90 Å². The third kappa shape index (κ3) is 6.58. The Morgan fingerprint density at radius 2 is 1.97 bits per heavy atom. The van der Waals surface area contributed by atoms with Crippen LogP contribution >= 0.6 is 0 Å². The average molecular weight is 517 g/mol. The Bertz CT molecular complexity index is 1230. The van der Waals surface area contributed by atoms with Crippen molar-refractivity contribution in [2.45, 2.75) is 44.3 Å². The van der Waals surface area contributed by atoms with E-state index in [1.165, 1.54) is 5.56 Å². The van der Waals surface area contributed by atoms with Crippen LogP contribution in [0.4, 0.5) is 0 Å². The van der Waals surface area contributed by atoms with E-state index >= 15 is 0 Å². The van der Waals surface area contributed by atoms with E-state index in [1.54, 1.807) is 12.1 Å². The minimum atomic E-state index is -0.736. The molecule has 3 aliphatic rings. The molecule has 0 aliphatic carbocycles. The lowest BCUT2D eigenvalue weighted by Crippen LogP contribution is -2.60. The maximum atomic E-state index is 12.7. The maximum absolute atomic E-state index is 12.7. The molecule has 0 radical (unpaired) electrons. The predicted octanol–water partition coefficient (Wildman–Crippen LogP) is 2.13. The molecule has 1 unspecified atom stereocenters. The Hall–Kier alpha value is -4.16. The number of carbonyl (C=O) groups is 1. The summed E-state index contributed by atoms with van der Waals surface area (Å²) >= 11 is 0. The molecule has 3 aliphatic heterocycles. The van der Waals surface area contributed by atoms with Crippen molar-refractivity contribution in [1.82, 2.24) is 26.2 Å². The highest BCUT2D eigenvalue weighted by atomic mass is 16.3. The first-order chi connectivity index (χ1) is 18.5. The van der Waals surface area contributed by atoms with E-state index in [1.807, 2.05) is 18.3 Å². The number of phenolic OH excluding ortho intramolecular Hbond substituents is 1.